The van der Waals surface area contributed by atoms with Crippen molar-refractivity contribution in [2.24, 2.45) is 11.8 Å². The predicted molar refractivity (Wildman–Crippen MR) is 84.6 cm³/mol. The molecule has 0 saturated heterocycles. The highest BCUT2D eigenvalue weighted by molar-refractivity contribution is 6.39. The number of anilines is 1. The Bertz CT molecular complexity index is 542. The van der Waals surface area contributed by atoms with E-state index in [4.69, 9.17) is 23.2 Å². The third-order valence-corrected chi connectivity index (χ3v) is 4.31. The molecule has 6 heteroatoms. The summed E-state index contributed by atoms with van der Waals surface area (Å²) in [6.07, 6.45) is 0.910. The van der Waals surface area contributed by atoms with Gasteiger partial charge in [-0.25, -0.2) is 0 Å². The van der Waals surface area contributed by atoms with Gasteiger partial charge in [0.15, 0.2) is 0 Å². The molecule has 1 aromatic carbocycles. The van der Waals surface area contributed by atoms with E-state index in [0.717, 1.165) is 6.42 Å². The zero-order valence-electron chi connectivity index (χ0n) is 12.0. The van der Waals surface area contributed by atoms with E-state index in [2.05, 4.69) is 5.32 Å². The van der Waals surface area contributed by atoms with Crippen LogP contribution in [-0.2, 0) is 9.59 Å². The predicted octanol–water partition coefficient (Wildman–Crippen LogP) is 3.44. The van der Waals surface area contributed by atoms with Crippen molar-refractivity contribution in [3.63, 3.8) is 0 Å². The first-order valence-electron chi connectivity index (χ1n) is 6.96. The number of nitrogens with zero attached hydrogens (tertiary/aromatic N) is 1. The fourth-order valence-electron chi connectivity index (χ4n) is 2.22. The molecule has 0 bridgehead atoms. The summed E-state index contributed by atoms with van der Waals surface area (Å²) < 4.78 is 0. The highest BCUT2D eigenvalue weighted by Crippen LogP contribution is 2.39. The van der Waals surface area contributed by atoms with Gasteiger partial charge in [-0.3, -0.25) is 9.59 Å². The first-order valence-corrected chi connectivity index (χ1v) is 7.72. The molecule has 0 aliphatic heterocycles. The van der Waals surface area contributed by atoms with E-state index >= 15 is 0 Å². The quantitative estimate of drug-likeness (QED) is 0.900. The second-order valence-corrected chi connectivity index (χ2v) is 6.13. The molecule has 114 valence electrons. The van der Waals surface area contributed by atoms with E-state index < -0.39 is 0 Å². The van der Waals surface area contributed by atoms with Crippen molar-refractivity contribution in [1.82, 2.24) is 4.90 Å². The van der Waals surface area contributed by atoms with E-state index in [-0.39, 0.29) is 24.3 Å². The van der Waals surface area contributed by atoms with Crippen LogP contribution in [0.5, 0.6) is 0 Å². The van der Waals surface area contributed by atoms with Gasteiger partial charge in [-0.1, -0.05) is 36.2 Å². The summed E-state index contributed by atoms with van der Waals surface area (Å²) in [5, 5.41) is 3.42. The molecule has 2 atom stereocenters. The number of halogens is 2. The number of hydrogen-bond acceptors (Lipinski definition) is 2. The van der Waals surface area contributed by atoms with Crippen LogP contribution < -0.4 is 5.32 Å². The average molecular weight is 329 g/mol. The Morgan fingerprint density at radius 1 is 1.33 bits per heavy atom. The maximum Gasteiger partial charge on any atom is 0.244 e. The van der Waals surface area contributed by atoms with Crippen molar-refractivity contribution in [2.75, 3.05) is 18.4 Å². The Morgan fingerprint density at radius 2 is 1.90 bits per heavy atom. The zero-order chi connectivity index (χ0) is 15.6. The maximum atomic E-state index is 12.2. The lowest BCUT2D eigenvalue weighted by atomic mass is 10.2. The second kappa shape index (κ2) is 6.67. The SMILES string of the molecule is CCN(CC(=O)Nc1c(Cl)cccc1Cl)C(=O)[C@H]1C[C@@H]1C. The summed E-state index contributed by atoms with van der Waals surface area (Å²) >= 11 is 12.0. The molecule has 0 spiro atoms. The van der Waals surface area contributed by atoms with Crippen LogP contribution >= 0.6 is 23.2 Å². The highest BCUT2D eigenvalue weighted by Gasteiger charge is 2.41. The van der Waals surface area contributed by atoms with E-state index in [1.165, 1.54) is 0 Å². The first kappa shape index (κ1) is 16.1. The van der Waals surface area contributed by atoms with Crippen molar-refractivity contribution in [3.8, 4) is 0 Å². The smallest absolute Gasteiger partial charge is 0.244 e. The number of rotatable bonds is 5. The van der Waals surface area contributed by atoms with E-state index in [9.17, 15) is 9.59 Å². The summed E-state index contributed by atoms with van der Waals surface area (Å²) in [5.41, 5.74) is 0.383. The molecule has 1 aromatic rings. The lowest BCUT2D eigenvalue weighted by Crippen LogP contribution is -2.39. The third-order valence-electron chi connectivity index (χ3n) is 3.68. The van der Waals surface area contributed by atoms with Crippen LogP contribution in [0.3, 0.4) is 0 Å². The Morgan fingerprint density at radius 3 is 2.38 bits per heavy atom. The van der Waals surface area contributed by atoms with Crippen molar-refractivity contribution in [2.45, 2.75) is 20.3 Å². The number of benzene rings is 1. The minimum atomic E-state index is -0.298. The normalized spacial score (nSPS) is 20.0. The lowest BCUT2D eigenvalue weighted by molar-refractivity contribution is -0.135. The van der Waals surface area contributed by atoms with Gasteiger partial charge in [0, 0.05) is 12.5 Å². The number of carbonyl (C=O) groups is 2. The van der Waals surface area contributed by atoms with Gasteiger partial charge in [0.2, 0.25) is 11.8 Å². The minimum absolute atomic E-state index is 0.0140. The molecule has 21 heavy (non-hydrogen) atoms. The lowest BCUT2D eigenvalue weighted by Gasteiger charge is -2.20. The molecule has 4 nitrogen and oxygen atoms in total. The topological polar surface area (TPSA) is 49.4 Å². The molecule has 0 radical (unpaired) electrons. The fourth-order valence-corrected chi connectivity index (χ4v) is 2.71. The summed E-state index contributed by atoms with van der Waals surface area (Å²) in [6, 6.07) is 5.01. The molecule has 1 aliphatic carbocycles. The summed E-state index contributed by atoms with van der Waals surface area (Å²) in [5.74, 6) is 0.244. The molecular formula is C15H18Cl2N2O2. The monoisotopic (exact) mass is 328 g/mol. The summed E-state index contributed by atoms with van der Waals surface area (Å²) in [4.78, 5) is 25.8. The molecule has 1 saturated carbocycles. The first-order chi connectivity index (χ1) is 9.93. The van der Waals surface area contributed by atoms with Gasteiger partial charge < -0.3 is 10.2 Å². The van der Waals surface area contributed by atoms with Crippen LogP contribution in [0, 0.1) is 11.8 Å². The van der Waals surface area contributed by atoms with Gasteiger partial charge in [-0.2, -0.15) is 0 Å². The van der Waals surface area contributed by atoms with Gasteiger partial charge in [-0.05, 0) is 31.4 Å². The van der Waals surface area contributed by atoms with Crippen LogP contribution in [-0.4, -0.2) is 29.8 Å². The minimum Gasteiger partial charge on any atom is -0.333 e. The Balaban J connectivity index is 1.98. The van der Waals surface area contributed by atoms with Gasteiger partial charge in [0.05, 0.1) is 22.3 Å². The Hall–Kier alpha value is -1.26. The Kier molecular flexibility index (Phi) is 5.12. The molecule has 0 heterocycles. The van der Waals surface area contributed by atoms with Crippen LogP contribution in [0.4, 0.5) is 5.69 Å². The molecule has 2 amide bonds. The fraction of sp³-hybridized carbons (Fsp3) is 0.467. The molecule has 0 unspecified atom stereocenters. The van der Waals surface area contributed by atoms with Gasteiger partial charge in [0.1, 0.15) is 0 Å². The number of likely N-dealkylation sites (N-methyl/N-ethyl adjacent to an activating group) is 1. The van der Waals surface area contributed by atoms with E-state index in [1.54, 1.807) is 23.1 Å². The zero-order valence-corrected chi connectivity index (χ0v) is 13.5. The summed E-state index contributed by atoms with van der Waals surface area (Å²) in [7, 11) is 0. The average Bonchev–Trinajstić information content (AvgIpc) is 3.17. The molecule has 2 rings (SSSR count). The molecule has 1 aliphatic rings. The van der Waals surface area contributed by atoms with Crippen LogP contribution in [0.1, 0.15) is 20.3 Å². The van der Waals surface area contributed by atoms with Crippen molar-refractivity contribution in [3.05, 3.63) is 28.2 Å². The van der Waals surface area contributed by atoms with Gasteiger partial charge in [-0.15, -0.1) is 0 Å². The standard InChI is InChI=1S/C15H18Cl2N2O2/c1-3-19(15(21)10-7-9(10)2)8-13(20)18-14-11(16)5-4-6-12(14)17/h4-6,9-10H,3,7-8H2,1-2H3,(H,18,20)/t9-,10-/m0/s1. The molecular weight excluding hydrogens is 311 g/mol. The van der Waals surface area contributed by atoms with Crippen molar-refractivity contribution >= 4 is 40.7 Å². The van der Waals surface area contributed by atoms with E-state index in [0.29, 0.717) is 28.2 Å². The summed E-state index contributed by atoms with van der Waals surface area (Å²) in [6.45, 7) is 4.42. The molecule has 1 fully saturated rings. The Labute approximate surface area is 134 Å². The number of para-hydroxylation sites is 1. The third kappa shape index (κ3) is 3.89. The number of carbonyl (C=O) groups excluding carboxylic acids is 2. The number of hydrogen-bond donors (Lipinski definition) is 1. The molecule has 0 aromatic heterocycles. The van der Waals surface area contributed by atoms with E-state index in [1.807, 2.05) is 13.8 Å². The largest absolute Gasteiger partial charge is 0.333 e. The number of nitrogens with one attached hydrogen (secondary N) is 1. The highest BCUT2D eigenvalue weighted by atomic mass is 35.5. The maximum absolute atomic E-state index is 12.2. The number of amides is 2. The van der Waals surface area contributed by atoms with Crippen molar-refractivity contribution in [1.29, 1.82) is 0 Å². The van der Waals surface area contributed by atoms with Crippen LogP contribution in [0.15, 0.2) is 18.2 Å². The van der Waals surface area contributed by atoms with Crippen molar-refractivity contribution < 1.29 is 9.59 Å². The second-order valence-electron chi connectivity index (χ2n) is 5.32. The molecule has 1 N–H and O–H groups in total. The van der Waals surface area contributed by atoms with Crippen LogP contribution in [0.2, 0.25) is 10.0 Å². The van der Waals surface area contributed by atoms with Gasteiger partial charge in [0.25, 0.3) is 0 Å². The van der Waals surface area contributed by atoms with Gasteiger partial charge >= 0.3 is 0 Å². The van der Waals surface area contributed by atoms with Crippen LogP contribution in [0.25, 0.3) is 0 Å².